The zero-order valence-corrected chi connectivity index (χ0v) is 11.4. The monoisotopic (exact) mass is 282 g/mol. The molecule has 6 nitrogen and oxygen atoms in total. The number of nitrogens with zero attached hydrogens (tertiary/aromatic N) is 1. The second kappa shape index (κ2) is 5.82. The van der Waals surface area contributed by atoms with E-state index in [2.05, 4.69) is 10.6 Å². The van der Waals surface area contributed by atoms with Crippen LogP contribution in [-0.2, 0) is 10.0 Å². The molecule has 1 unspecified atom stereocenters. The number of non-ortho nitro benzene ring substituents is 1. The summed E-state index contributed by atoms with van der Waals surface area (Å²) in [6, 6.07) is 3.27. The maximum Gasteiger partial charge on any atom is 0.270 e. The predicted molar refractivity (Wildman–Crippen MR) is 71.1 cm³/mol. The highest BCUT2D eigenvalue weighted by Crippen LogP contribution is 2.21. The van der Waals surface area contributed by atoms with Gasteiger partial charge in [0.1, 0.15) is 0 Å². The second-order valence-electron chi connectivity index (χ2n) is 4.14. The second-order valence-corrected chi connectivity index (χ2v) is 5.82. The van der Waals surface area contributed by atoms with Crippen molar-refractivity contribution in [3.05, 3.63) is 33.9 Å². The van der Waals surface area contributed by atoms with Gasteiger partial charge < -0.3 is 0 Å². The lowest BCUT2D eigenvalue weighted by atomic mass is 10.2. The van der Waals surface area contributed by atoms with Crippen molar-refractivity contribution in [1.82, 2.24) is 4.72 Å². The smallest absolute Gasteiger partial charge is 0.258 e. The van der Waals surface area contributed by atoms with Crippen molar-refractivity contribution in [1.29, 1.82) is 0 Å². The molecule has 1 rings (SSSR count). The number of nitro groups is 1. The van der Waals surface area contributed by atoms with Crippen LogP contribution in [0.25, 0.3) is 0 Å². The number of terminal acetylenes is 1. The van der Waals surface area contributed by atoms with Crippen LogP contribution in [0.15, 0.2) is 23.1 Å². The van der Waals surface area contributed by atoms with Gasteiger partial charge in [0, 0.05) is 24.6 Å². The molecule has 0 fully saturated rings. The molecule has 0 aromatic heterocycles. The third-order valence-electron chi connectivity index (χ3n) is 2.45. The first-order chi connectivity index (χ1) is 8.77. The Morgan fingerprint density at radius 3 is 2.68 bits per heavy atom. The Morgan fingerprint density at radius 1 is 1.53 bits per heavy atom. The Hall–Kier alpha value is -1.91. The zero-order valence-electron chi connectivity index (χ0n) is 10.6. The molecular formula is C12H14N2O4S. The van der Waals surface area contributed by atoms with Gasteiger partial charge in [-0.15, -0.1) is 12.3 Å². The lowest BCUT2D eigenvalue weighted by Crippen LogP contribution is -2.32. The molecule has 0 aliphatic carbocycles. The molecule has 1 aromatic carbocycles. The van der Waals surface area contributed by atoms with E-state index < -0.39 is 21.0 Å². The van der Waals surface area contributed by atoms with Crippen LogP contribution in [0.2, 0.25) is 0 Å². The minimum Gasteiger partial charge on any atom is -0.258 e. The van der Waals surface area contributed by atoms with E-state index in [1.54, 1.807) is 13.8 Å². The quantitative estimate of drug-likeness (QED) is 0.504. The Labute approximate surface area is 112 Å². The summed E-state index contributed by atoms with van der Waals surface area (Å²) in [6.45, 7) is 3.20. The molecule has 0 aliphatic heterocycles. The Balaban J connectivity index is 3.18. The van der Waals surface area contributed by atoms with Gasteiger partial charge in [0.2, 0.25) is 10.0 Å². The molecule has 0 saturated carbocycles. The van der Waals surface area contributed by atoms with Crippen LogP contribution >= 0.6 is 0 Å². The van der Waals surface area contributed by atoms with Crippen LogP contribution in [0.4, 0.5) is 5.69 Å². The zero-order chi connectivity index (χ0) is 14.6. The van der Waals surface area contributed by atoms with Crippen LogP contribution in [-0.4, -0.2) is 19.4 Å². The molecule has 0 saturated heterocycles. The molecule has 102 valence electrons. The molecule has 0 aliphatic rings. The summed E-state index contributed by atoms with van der Waals surface area (Å²) in [4.78, 5) is 9.94. The van der Waals surface area contributed by atoms with Gasteiger partial charge >= 0.3 is 0 Å². The number of benzene rings is 1. The van der Waals surface area contributed by atoms with Gasteiger partial charge in [-0.25, -0.2) is 13.1 Å². The van der Waals surface area contributed by atoms with Crippen molar-refractivity contribution >= 4 is 15.7 Å². The van der Waals surface area contributed by atoms with Crippen molar-refractivity contribution in [3.63, 3.8) is 0 Å². The minimum absolute atomic E-state index is 0.106. The van der Waals surface area contributed by atoms with Crippen molar-refractivity contribution < 1.29 is 13.3 Å². The summed E-state index contributed by atoms with van der Waals surface area (Å²) in [5.41, 5.74) is 0.168. The molecule has 0 spiro atoms. The number of nitrogens with one attached hydrogen (secondary N) is 1. The maximum atomic E-state index is 12.1. The topological polar surface area (TPSA) is 89.3 Å². The average Bonchev–Trinajstić information content (AvgIpc) is 2.28. The van der Waals surface area contributed by atoms with E-state index in [0.29, 0.717) is 5.56 Å². The first-order valence-corrected chi connectivity index (χ1v) is 6.97. The Morgan fingerprint density at radius 2 is 2.16 bits per heavy atom. The molecule has 1 atom stereocenters. The van der Waals surface area contributed by atoms with E-state index in [1.165, 1.54) is 12.1 Å². The number of rotatable bonds is 5. The molecule has 0 amide bonds. The summed E-state index contributed by atoms with van der Waals surface area (Å²) >= 11 is 0. The van der Waals surface area contributed by atoms with Gasteiger partial charge in [0.15, 0.2) is 0 Å². The number of sulfonamides is 1. The summed E-state index contributed by atoms with van der Waals surface area (Å²) in [5.74, 6) is 2.35. The largest absolute Gasteiger partial charge is 0.270 e. The van der Waals surface area contributed by atoms with E-state index >= 15 is 0 Å². The van der Waals surface area contributed by atoms with Gasteiger partial charge in [-0.3, -0.25) is 10.1 Å². The molecule has 19 heavy (non-hydrogen) atoms. The first kappa shape index (κ1) is 15.1. The summed E-state index contributed by atoms with van der Waals surface area (Å²) in [7, 11) is -3.82. The van der Waals surface area contributed by atoms with Crippen molar-refractivity contribution in [3.8, 4) is 12.3 Å². The third kappa shape index (κ3) is 3.77. The van der Waals surface area contributed by atoms with Crippen LogP contribution in [0, 0.1) is 29.4 Å². The van der Waals surface area contributed by atoms with Gasteiger partial charge in [-0.1, -0.05) is 6.07 Å². The van der Waals surface area contributed by atoms with Gasteiger partial charge in [0.05, 0.1) is 9.82 Å². The van der Waals surface area contributed by atoms with Gasteiger partial charge in [0.25, 0.3) is 5.69 Å². The number of hydrogen-bond donors (Lipinski definition) is 1. The lowest BCUT2D eigenvalue weighted by Gasteiger charge is -2.13. The van der Waals surface area contributed by atoms with E-state index in [1.807, 2.05) is 0 Å². The van der Waals surface area contributed by atoms with Gasteiger partial charge in [-0.05, 0) is 19.4 Å². The number of hydrogen-bond acceptors (Lipinski definition) is 4. The highest BCUT2D eigenvalue weighted by atomic mass is 32.2. The Kier molecular flexibility index (Phi) is 4.64. The summed E-state index contributed by atoms with van der Waals surface area (Å²) in [5, 5.41) is 10.7. The van der Waals surface area contributed by atoms with Crippen molar-refractivity contribution in [2.75, 3.05) is 0 Å². The molecule has 0 radical (unpaired) electrons. The predicted octanol–water partition coefficient (Wildman–Crippen LogP) is 1.59. The molecule has 7 heteroatoms. The van der Waals surface area contributed by atoms with Crippen LogP contribution < -0.4 is 4.72 Å². The summed E-state index contributed by atoms with van der Waals surface area (Å²) < 4.78 is 26.6. The standard InChI is InChI=1S/C12H14N2O4S/c1-4-5-10(3)13-19(17,18)12-8-11(14(15)16)7-6-9(12)2/h1,6-8,10,13H,5H2,2-3H3. The van der Waals surface area contributed by atoms with Crippen LogP contribution in [0.1, 0.15) is 18.9 Å². The first-order valence-electron chi connectivity index (χ1n) is 5.48. The minimum atomic E-state index is -3.82. The van der Waals surface area contributed by atoms with E-state index in [-0.39, 0.29) is 17.0 Å². The van der Waals surface area contributed by atoms with E-state index in [4.69, 9.17) is 6.42 Å². The van der Waals surface area contributed by atoms with Crippen molar-refractivity contribution in [2.24, 2.45) is 0 Å². The fourth-order valence-electron chi connectivity index (χ4n) is 1.54. The van der Waals surface area contributed by atoms with E-state index in [0.717, 1.165) is 6.07 Å². The third-order valence-corrected chi connectivity index (χ3v) is 4.18. The lowest BCUT2D eigenvalue weighted by molar-refractivity contribution is -0.385. The fourth-order valence-corrected chi connectivity index (χ4v) is 3.05. The molecule has 1 aromatic rings. The average molecular weight is 282 g/mol. The molecular weight excluding hydrogens is 268 g/mol. The van der Waals surface area contributed by atoms with Crippen LogP contribution in [0.5, 0.6) is 0 Å². The molecule has 0 bridgehead atoms. The highest BCUT2D eigenvalue weighted by Gasteiger charge is 2.22. The maximum absolute atomic E-state index is 12.1. The van der Waals surface area contributed by atoms with Crippen LogP contribution in [0.3, 0.4) is 0 Å². The number of aryl methyl sites for hydroxylation is 1. The molecule has 0 heterocycles. The normalized spacial score (nSPS) is 12.7. The highest BCUT2D eigenvalue weighted by molar-refractivity contribution is 7.89. The summed E-state index contributed by atoms with van der Waals surface area (Å²) in [6.07, 6.45) is 5.35. The van der Waals surface area contributed by atoms with Crippen molar-refractivity contribution in [2.45, 2.75) is 31.2 Å². The van der Waals surface area contributed by atoms with E-state index in [9.17, 15) is 18.5 Å². The Bertz CT molecular complexity index is 632. The van der Waals surface area contributed by atoms with Gasteiger partial charge in [-0.2, -0.15) is 0 Å². The number of nitro benzene ring substituents is 1. The SMILES string of the molecule is C#CCC(C)NS(=O)(=O)c1cc([N+](=O)[O-])ccc1C. The fraction of sp³-hybridized carbons (Fsp3) is 0.333. The molecule has 1 N–H and O–H groups in total.